The Labute approximate surface area is 201 Å². The number of nitrogens with one attached hydrogen (secondary N) is 3. The molecule has 15 heteroatoms. The Balaban J connectivity index is 5.61. The van der Waals surface area contributed by atoms with Gasteiger partial charge in [-0.1, -0.05) is 20.3 Å². The molecule has 5 unspecified atom stereocenters. The van der Waals surface area contributed by atoms with Crippen LogP contribution in [-0.2, 0) is 33.6 Å². The Morgan fingerprint density at radius 2 is 1.31 bits per heavy atom. The van der Waals surface area contributed by atoms with Gasteiger partial charge in [0.25, 0.3) is 0 Å². The molecule has 0 aliphatic carbocycles. The van der Waals surface area contributed by atoms with Gasteiger partial charge in [0.15, 0.2) is 0 Å². The van der Waals surface area contributed by atoms with Gasteiger partial charge in [-0.2, -0.15) is 0 Å². The molecule has 0 heterocycles. The van der Waals surface area contributed by atoms with Gasteiger partial charge < -0.3 is 43.4 Å². The summed E-state index contributed by atoms with van der Waals surface area (Å²) in [5.74, 6) is -7.69. The zero-order chi connectivity index (χ0) is 27.3. The molecule has 5 amide bonds. The number of carbonyl (C=O) groups is 7. The van der Waals surface area contributed by atoms with Crippen LogP contribution in [0.4, 0.5) is 0 Å². The largest absolute Gasteiger partial charge is 0.481 e. The van der Waals surface area contributed by atoms with Gasteiger partial charge in [0.05, 0.1) is 12.5 Å². The van der Waals surface area contributed by atoms with Crippen molar-refractivity contribution in [2.24, 2.45) is 23.1 Å². The number of hydrogen-bond donors (Lipinski definition) is 8. The van der Waals surface area contributed by atoms with E-state index in [-0.39, 0.29) is 12.8 Å². The number of carbonyl (C=O) groups excluding carboxylic acids is 5. The average Bonchev–Trinajstić information content (AvgIpc) is 2.76. The first-order valence-electron chi connectivity index (χ1n) is 10.9. The lowest BCUT2D eigenvalue weighted by Gasteiger charge is -2.26. The summed E-state index contributed by atoms with van der Waals surface area (Å²) in [5.41, 5.74) is 15.8. The number of nitrogens with two attached hydrogens (primary N) is 3. The van der Waals surface area contributed by atoms with Crippen molar-refractivity contribution >= 4 is 41.5 Å². The summed E-state index contributed by atoms with van der Waals surface area (Å²) in [6.45, 7) is 3.29. The maximum absolute atomic E-state index is 12.8. The highest BCUT2D eigenvalue weighted by atomic mass is 16.4. The van der Waals surface area contributed by atoms with Crippen LogP contribution >= 0.6 is 0 Å². The minimum absolute atomic E-state index is 0.132. The van der Waals surface area contributed by atoms with Gasteiger partial charge in [0.1, 0.15) is 18.1 Å². The van der Waals surface area contributed by atoms with E-state index >= 15 is 0 Å². The lowest BCUT2D eigenvalue weighted by molar-refractivity contribution is -0.144. The van der Waals surface area contributed by atoms with Crippen molar-refractivity contribution in [1.82, 2.24) is 16.0 Å². The van der Waals surface area contributed by atoms with Crippen LogP contribution in [0.25, 0.3) is 0 Å². The van der Waals surface area contributed by atoms with Crippen molar-refractivity contribution in [2.75, 3.05) is 0 Å². The van der Waals surface area contributed by atoms with Crippen LogP contribution in [0.15, 0.2) is 0 Å². The summed E-state index contributed by atoms with van der Waals surface area (Å²) in [6.07, 6.45) is -1.57. The zero-order valence-corrected chi connectivity index (χ0v) is 19.6. The molecule has 0 aliphatic rings. The number of hydrogen-bond acceptors (Lipinski definition) is 8. The number of rotatable bonds is 17. The van der Waals surface area contributed by atoms with Gasteiger partial charge in [-0.3, -0.25) is 28.8 Å². The predicted octanol–water partition coefficient (Wildman–Crippen LogP) is -3.10. The molecule has 0 saturated heterocycles. The van der Waals surface area contributed by atoms with Crippen LogP contribution < -0.4 is 33.2 Å². The van der Waals surface area contributed by atoms with Gasteiger partial charge in [-0.25, -0.2) is 4.79 Å². The quantitative estimate of drug-likeness (QED) is 0.0991. The van der Waals surface area contributed by atoms with Crippen molar-refractivity contribution in [3.05, 3.63) is 0 Å². The third-order valence-corrected chi connectivity index (χ3v) is 5.13. The Kier molecular flexibility index (Phi) is 13.6. The number of carboxylic acids is 2. The zero-order valence-electron chi connectivity index (χ0n) is 19.6. The van der Waals surface area contributed by atoms with Gasteiger partial charge in [0, 0.05) is 12.8 Å². The highest BCUT2D eigenvalue weighted by Gasteiger charge is 2.32. The monoisotopic (exact) mass is 502 g/mol. The Hall–Kier alpha value is -3.75. The first-order chi connectivity index (χ1) is 16.2. The number of primary amides is 2. The van der Waals surface area contributed by atoms with Gasteiger partial charge in [0.2, 0.25) is 29.5 Å². The molecule has 0 radical (unpaired) electrons. The van der Waals surface area contributed by atoms with Gasteiger partial charge >= 0.3 is 11.9 Å². The van der Waals surface area contributed by atoms with E-state index in [4.69, 9.17) is 22.3 Å². The fourth-order valence-electron chi connectivity index (χ4n) is 2.86. The van der Waals surface area contributed by atoms with E-state index in [1.165, 1.54) is 0 Å². The Bertz CT molecular complexity index is 819. The fourth-order valence-corrected chi connectivity index (χ4v) is 2.86. The number of aliphatic carboxylic acids is 2. The Morgan fingerprint density at radius 1 is 0.771 bits per heavy atom. The van der Waals surface area contributed by atoms with Crippen LogP contribution in [0.3, 0.4) is 0 Å². The van der Waals surface area contributed by atoms with Crippen LogP contribution in [0, 0.1) is 5.92 Å². The molecule has 35 heavy (non-hydrogen) atoms. The average molecular weight is 503 g/mol. The standard InChI is InChI=1S/C20H34N6O9/c1-3-9(2)16(20(34)35)26-19(33)12(8-14(23)28)25-18(32)11(5-7-15(29)30)24-17(31)10(21)4-6-13(22)27/h9-12,16H,3-8,21H2,1-2H3,(H2,22,27)(H2,23,28)(H,24,31)(H,25,32)(H,26,33)(H,29,30)(H,34,35). The van der Waals surface area contributed by atoms with E-state index in [2.05, 4.69) is 16.0 Å². The number of carboxylic acid groups (broad SMARTS) is 2. The molecule has 198 valence electrons. The first-order valence-corrected chi connectivity index (χ1v) is 10.9. The molecule has 0 fully saturated rings. The van der Waals surface area contributed by atoms with Crippen LogP contribution in [0.5, 0.6) is 0 Å². The highest BCUT2D eigenvalue weighted by Crippen LogP contribution is 2.09. The molecule has 0 spiro atoms. The molecule has 0 aromatic carbocycles. The highest BCUT2D eigenvalue weighted by molar-refractivity contribution is 5.96. The minimum atomic E-state index is -1.60. The SMILES string of the molecule is CCC(C)C(NC(=O)C(CC(N)=O)NC(=O)C(CCC(=O)O)NC(=O)C(N)CCC(N)=O)C(=O)O. The van der Waals surface area contributed by atoms with E-state index in [0.29, 0.717) is 6.42 Å². The first kappa shape index (κ1) is 31.2. The molecule has 0 rings (SSSR count). The fraction of sp³-hybridized carbons (Fsp3) is 0.650. The van der Waals surface area contributed by atoms with Crippen molar-refractivity contribution in [3.63, 3.8) is 0 Å². The van der Waals surface area contributed by atoms with E-state index in [1.54, 1.807) is 13.8 Å². The third-order valence-electron chi connectivity index (χ3n) is 5.13. The van der Waals surface area contributed by atoms with Gasteiger partial charge in [-0.15, -0.1) is 0 Å². The molecule has 0 aromatic heterocycles. The number of amides is 5. The van der Waals surface area contributed by atoms with E-state index in [1.807, 2.05) is 0 Å². The molecule has 0 aliphatic heterocycles. The Morgan fingerprint density at radius 3 is 1.77 bits per heavy atom. The van der Waals surface area contributed by atoms with E-state index in [9.17, 15) is 38.7 Å². The minimum Gasteiger partial charge on any atom is -0.481 e. The van der Waals surface area contributed by atoms with Crippen molar-refractivity contribution in [3.8, 4) is 0 Å². The summed E-state index contributed by atoms with van der Waals surface area (Å²) in [5, 5.41) is 25.0. The second-order valence-electron chi connectivity index (χ2n) is 8.05. The summed E-state index contributed by atoms with van der Waals surface area (Å²) >= 11 is 0. The molecule has 0 bridgehead atoms. The molecule has 0 saturated carbocycles. The van der Waals surface area contributed by atoms with E-state index in [0.717, 1.165) is 0 Å². The predicted molar refractivity (Wildman–Crippen MR) is 120 cm³/mol. The molecular weight excluding hydrogens is 468 g/mol. The third kappa shape index (κ3) is 12.3. The van der Waals surface area contributed by atoms with Crippen molar-refractivity contribution in [2.45, 2.75) is 76.5 Å². The summed E-state index contributed by atoms with van der Waals surface area (Å²) in [6, 6.07) is -5.63. The lowest BCUT2D eigenvalue weighted by Crippen LogP contribution is -2.58. The van der Waals surface area contributed by atoms with Crippen LogP contribution in [0.2, 0.25) is 0 Å². The smallest absolute Gasteiger partial charge is 0.326 e. The van der Waals surface area contributed by atoms with Crippen molar-refractivity contribution < 1.29 is 43.8 Å². The summed E-state index contributed by atoms with van der Waals surface area (Å²) in [7, 11) is 0. The maximum atomic E-state index is 12.8. The summed E-state index contributed by atoms with van der Waals surface area (Å²) in [4.78, 5) is 82.6. The summed E-state index contributed by atoms with van der Waals surface area (Å²) < 4.78 is 0. The molecule has 15 nitrogen and oxygen atoms in total. The van der Waals surface area contributed by atoms with Crippen LogP contribution in [-0.4, -0.2) is 75.9 Å². The van der Waals surface area contributed by atoms with Crippen molar-refractivity contribution in [1.29, 1.82) is 0 Å². The van der Waals surface area contributed by atoms with E-state index < -0.39 is 90.8 Å². The lowest BCUT2D eigenvalue weighted by atomic mass is 9.98. The second kappa shape index (κ2) is 15.2. The molecule has 0 aromatic rings. The molecule has 11 N–H and O–H groups in total. The molecular formula is C20H34N6O9. The topological polar surface area (TPSA) is 274 Å². The maximum Gasteiger partial charge on any atom is 0.326 e. The van der Waals surface area contributed by atoms with Gasteiger partial charge in [-0.05, 0) is 18.8 Å². The second-order valence-corrected chi connectivity index (χ2v) is 8.05. The molecule has 5 atom stereocenters. The van der Waals surface area contributed by atoms with Crippen LogP contribution in [0.1, 0.15) is 52.4 Å². The normalized spacial score (nSPS) is 14.9.